The van der Waals surface area contributed by atoms with E-state index in [2.05, 4.69) is 10.6 Å². The Kier molecular flexibility index (Phi) is 9.15. The molecule has 8 heteroatoms. The van der Waals surface area contributed by atoms with Crippen molar-refractivity contribution in [2.45, 2.75) is 63.8 Å². The molecule has 0 bridgehead atoms. The van der Waals surface area contributed by atoms with E-state index in [9.17, 15) is 14.4 Å². The molecule has 1 saturated heterocycles. The maximum atomic E-state index is 13.2. The number of hydrogen-bond acceptors (Lipinski definition) is 6. The fourth-order valence-corrected chi connectivity index (χ4v) is 3.31. The minimum absolute atomic E-state index is 0.142. The van der Waals surface area contributed by atoms with Gasteiger partial charge in [-0.2, -0.15) is 0 Å². The highest BCUT2D eigenvalue weighted by atomic mass is 16.6. The first-order valence-corrected chi connectivity index (χ1v) is 10.7. The zero-order chi connectivity index (χ0) is 23.0. The van der Waals surface area contributed by atoms with Crippen molar-refractivity contribution >= 4 is 17.6 Å². The maximum absolute atomic E-state index is 13.2. The van der Waals surface area contributed by atoms with Gasteiger partial charge in [0.05, 0.1) is 18.7 Å². The number of methoxy groups -OCH3 is 1. The molecule has 8 nitrogen and oxygen atoms in total. The third kappa shape index (κ3) is 7.72. The van der Waals surface area contributed by atoms with Gasteiger partial charge in [-0.1, -0.05) is 44.2 Å². The summed E-state index contributed by atoms with van der Waals surface area (Å²) in [5.74, 6) is -0.797. The molecule has 2 amide bonds. The Labute approximate surface area is 184 Å². The lowest BCUT2D eigenvalue weighted by Gasteiger charge is -2.26. The van der Waals surface area contributed by atoms with Crippen molar-refractivity contribution in [3.8, 4) is 0 Å². The number of ketones is 1. The topological polar surface area (TPSA) is 123 Å². The first kappa shape index (κ1) is 25.0. The molecule has 0 aromatic heterocycles. The number of ether oxygens (including phenoxy) is 2. The highest BCUT2D eigenvalue weighted by Crippen LogP contribution is 2.29. The smallest absolute Gasteiger partial charge is 0.243 e. The molecule has 2 rings (SSSR count). The average molecular weight is 434 g/mol. The molecule has 2 unspecified atom stereocenters. The van der Waals surface area contributed by atoms with E-state index in [1.807, 2.05) is 44.2 Å². The quantitative estimate of drug-likeness (QED) is 0.398. The van der Waals surface area contributed by atoms with E-state index in [1.54, 1.807) is 6.92 Å². The standard InChI is InChI=1S/C23H35N3O5/c1-15(2)12-18(20(27)23(3)14-31-23)25-22(29)19(13-16-8-6-5-7-9-16)26-21(28)17(24)10-11-30-4/h5-9,15,17-19H,10-14,24H2,1-4H3,(H,25,29)(H,26,28)/t17?,18?,19-,23+/m0/s1. The van der Waals surface area contributed by atoms with Gasteiger partial charge >= 0.3 is 0 Å². The van der Waals surface area contributed by atoms with Gasteiger partial charge in [-0.25, -0.2) is 0 Å². The Morgan fingerprint density at radius 2 is 1.74 bits per heavy atom. The van der Waals surface area contributed by atoms with Crippen molar-refractivity contribution in [2.24, 2.45) is 11.7 Å². The molecule has 1 heterocycles. The summed E-state index contributed by atoms with van der Waals surface area (Å²) in [5, 5.41) is 5.61. The predicted octanol–water partition coefficient (Wildman–Crippen LogP) is 0.967. The van der Waals surface area contributed by atoms with Gasteiger partial charge in [0.25, 0.3) is 0 Å². The molecule has 4 atom stereocenters. The van der Waals surface area contributed by atoms with Gasteiger partial charge in [0, 0.05) is 20.1 Å². The Morgan fingerprint density at radius 1 is 1.13 bits per heavy atom. The molecular weight excluding hydrogens is 398 g/mol. The number of epoxide rings is 1. The van der Waals surface area contributed by atoms with Crippen LogP contribution in [0.1, 0.15) is 39.2 Å². The third-order valence-corrected chi connectivity index (χ3v) is 5.32. The van der Waals surface area contributed by atoms with E-state index in [1.165, 1.54) is 7.11 Å². The summed E-state index contributed by atoms with van der Waals surface area (Å²) < 4.78 is 10.3. The Bertz CT molecular complexity index is 749. The Balaban J connectivity index is 2.14. The molecule has 1 fully saturated rings. The minimum atomic E-state index is -0.862. The second kappa shape index (κ2) is 11.4. The monoisotopic (exact) mass is 433 g/mol. The fraction of sp³-hybridized carbons (Fsp3) is 0.609. The largest absolute Gasteiger partial charge is 0.385 e. The number of Topliss-reactive ketones (excluding diaryl/α,β-unsaturated/α-hetero) is 1. The molecular formula is C23H35N3O5. The summed E-state index contributed by atoms with van der Waals surface area (Å²) in [6.45, 7) is 6.40. The highest BCUT2D eigenvalue weighted by molar-refractivity contribution is 5.98. The second-order valence-corrected chi connectivity index (χ2v) is 8.71. The molecule has 1 aliphatic rings. The van der Waals surface area contributed by atoms with E-state index in [4.69, 9.17) is 15.2 Å². The van der Waals surface area contributed by atoms with E-state index in [0.29, 0.717) is 26.1 Å². The van der Waals surface area contributed by atoms with Crippen LogP contribution in [0.3, 0.4) is 0 Å². The van der Waals surface area contributed by atoms with E-state index in [-0.39, 0.29) is 18.1 Å². The number of benzene rings is 1. The lowest BCUT2D eigenvalue weighted by Crippen LogP contribution is -2.56. The van der Waals surface area contributed by atoms with Crippen LogP contribution in [0.2, 0.25) is 0 Å². The number of rotatable bonds is 13. The summed E-state index contributed by atoms with van der Waals surface area (Å²) in [5.41, 5.74) is 5.98. The Morgan fingerprint density at radius 3 is 2.29 bits per heavy atom. The van der Waals surface area contributed by atoms with Crippen molar-refractivity contribution < 1.29 is 23.9 Å². The minimum Gasteiger partial charge on any atom is -0.385 e. The van der Waals surface area contributed by atoms with Crippen LogP contribution in [0.15, 0.2) is 30.3 Å². The van der Waals surface area contributed by atoms with Gasteiger partial charge < -0.3 is 25.8 Å². The van der Waals surface area contributed by atoms with Crippen molar-refractivity contribution in [1.82, 2.24) is 10.6 Å². The van der Waals surface area contributed by atoms with Crippen LogP contribution >= 0.6 is 0 Å². The SMILES string of the molecule is COCCC(N)C(=O)N[C@@H](Cc1ccccc1)C(=O)NC(CC(C)C)C(=O)[C@@]1(C)CO1. The molecule has 1 aromatic carbocycles. The van der Waals surface area contributed by atoms with Gasteiger partial charge in [0.15, 0.2) is 5.78 Å². The number of carbonyl (C=O) groups excluding carboxylic acids is 3. The number of nitrogens with two attached hydrogens (primary N) is 1. The average Bonchev–Trinajstić information content (AvgIpc) is 3.49. The molecule has 31 heavy (non-hydrogen) atoms. The zero-order valence-corrected chi connectivity index (χ0v) is 18.9. The van der Waals surface area contributed by atoms with E-state index < -0.39 is 35.5 Å². The molecule has 1 aromatic rings. The van der Waals surface area contributed by atoms with Crippen molar-refractivity contribution in [1.29, 1.82) is 0 Å². The van der Waals surface area contributed by atoms with Crippen molar-refractivity contribution in [3.05, 3.63) is 35.9 Å². The number of nitrogens with one attached hydrogen (secondary N) is 2. The summed E-state index contributed by atoms with van der Waals surface area (Å²) >= 11 is 0. The molecule has 0 aliphatic carbocycles. The first-order chi connectivity index (χ1) is 14.7. The molecule has 4 N–H and O–H groups in total. The molecule has 0 radical (unpaired) electrons. The van der Waals surface area contributed by atoms with Crippen LogP contribution in [0.5, 0.6) is 0 Å². The van der Waals surface area contributed by atoms with Crippen LogP contribution in [-0.4, -0.2) is 61.6 Å². The van der Waals surface area contributed by atoms with Gasteiger partial charge in [-0.05, 0) is 31.2 Å². The number of amides is 2. The van der Waals surface area contributed by atoms with Crippen LogP contribution in [0, 0.1) is 5.92 Å². The van der Waals surface area contributed by atoms with Crippen LogP contribution in [0.25, 0.3) is 0 Å². The van der Waals surface area contributed by atoms with Gasteiger partial charge in [-0.3, -0.25) is 14.4 Å². The normalized spacial score (nSPS) is 20.6. The fourth-order valence-electron chi connectivity index (χ4n) is 3.31. The highest BCUT2D eigenvalue weighted by Gasteiger charge is 2.50. The summed E-state index contributed by atoms with van der Waals surface area (Å²) in [4.78, 5) is 38.6. The number of hydrogen-bond donors (Lipinski definition) is 3. The molecule has 172 valence electrons. The summed E-state index contributed by atoms with van der Waals surface area (Å²) in [6, 6.07) is 7.04. The van der Waals surface area contributed by atoms with Gasteiger partial charge in [0.1, 0.15) is 11.6 Å². The molecule has 0 spiro atoms. The number of carbonyl (C=O) groups is 3. The predicted molar refractivity (Wildman–Crippen MR) is 117 cm³/mol. The third-order valence-electron chi connectivity index (χ3n) is 5.32. The Hall–Kier alpha value is -2.29. The maximum Gasteiger partial charge on any atom is 0.243 e. The summed E-state index contributed by atoms with van der Waals surface area (Å²) in [7, 11) is 1.53. The lowest BCUT2D eigenvalue weighted by molar-refractivity contribution is -0.133. The molecule has 1 aliphatic heterocycles. The molecule has 0 saturated carbocycles. The zero-order valence-electron chi connectivity index (χ0n) is 18.9. The van der Waals surface area contributed by atoms with Crippen molar-refractivity contribution in [2.75, 3.05) is 20.3 Å². The lowest BCUT2D eigenvalue weighted by atomic mass is 9.93. The first-order valence-electron chi connectivity index (χ1n) is 10.7. The van der Waals surface area contributed by atoms with E-state index >= 15 is 0 Å². The van der Waals surface area contributed by atoms with Crippen LogP contribution < -0.4 is 16.4 Å². The van der Waals surface area contributed by atoms with Crippen molar-refractivity contribution in [3.63, 3.8) is 0 Å². The van der Waals surface area contributed by atoms with Gasteiger partial charge in [0.2, 0.25) is 11.8 Å². The van der Waals surface area contributed by atoms with Crippen LogP contribution in [-0.2, 0) is 30.3 Å². The summed E-state index contributed by atoms with van der Waals surface area (Å²) in [6.07, 6.45) is 1.11. The van der Waals surface area contributed by atoms with Crippen LogP contribution in [0.4, 0.5) is 0 Å². The van der Waals surface area contributed by atoms with Gasteiger partial charge in [-0.15, -0.1) is 0 Å². The van der Waals surface area contributed by atoms with E-state index in [0.717, 1.165) is 5.56 Å². The second-order valence-electron chi connectivity index (χ2n) is 8.71.